The second-order valence-electron chi connectivity index (χ2n) is 11.3. The van der Waals surface area contributed by atoms with Crippen molar-refractivity contribution in [3.63, 3.8) is 0 Å². The number of hydrogen-bond donors (Lipinski definition) is 0. The van der Waals surface area contributed by atoms with E-state index in [4.69, 9.17) is 0 Å². The molecule has 3 saturated heterocycles. The molecule has 37 heavy (non-hydrogen) atoms. The average molecular weight is 514 g/mol. The van der Waals surface area contributed by atoms with Gasteiger partial charge in [-0.3, -0.25) is 9.59 Å². The number of likely N-dealkylation sites (tertiary alicyclic amines) is 1. The van der Waals surface area contributed by atoms with Gasteiger partial charge < -0.3 is 14.7 Å². The van der Waals surface area contributed by atoms with E-state index in [9.17, 15) is 9.59 Å². The second-order valence-corrected chi connectivity index (χ2v) is 11.3. The highest BCUT2D eigenvalue weighted by atomic mass is 16.2. The first-order valence-electron chi connectivity index (χ1n) is 15.1. The minimum atomic E-state index is 0.377. The zero-order valence-corrected chi connectivity index (χ0v) is 24.6. The van der Waals surface area contributed by atoms with Crippen LogP contribution in [0.1, 0.15) is 109 Å². The number of amides is 2. The number of aryl methyl sites for hydroxylation is 1. The van der Waals surface area contributed by atoms with E-state index in [1.807, 2.05) is 36.9 Å². The predicted molar refractivity (Wildman–Crippen MR) is 156 cm³/mol. The SMILES string of the molecule is C1CCC1.CC.CN(C)C1CCCC(=O)N2CCC[C@@H]2C1.Cc1ccccc1.O=CN1CCCC12CC2. The Morgan fingerprint density at radius 2 is 1.51 bits per heavy atom. The number of nitrogens with zero attached hydrogens (tertiary/aromatic N) is 3. The summed E-state index contributed by atoms with van der Waals surface area (Å²) in [7, 11) is 4.32. The molecule has 2 amide bonds. The topological polar surface area (TPSA) is 43.9 Å². The van der Waals surface area contributed by atoms with E-state index in [1.54, 1.807) is 0 Å². The molecule has 0 N–H and O–H groups in total. The maximum Gasteiger partial charge on any atom is 0.222 e. The van der Waals surface area contributed by atoms with Crippen LogP contribution in [-0.2, 0) is 9.59 Å². The molecule has 5 fully saturated rings. The zero-order chi connectivity index (χ0) is 27.1. The van der Waals surface area contributed by atoms with Crippen molar-refractivity contribution in [1.29, 1.82) is 0 Å². The third-order valence-corrected chi connectivity index (χ3v) is 8.45. The van der Waals surface area contributed by atoms with Gasteiger partial charge in [-0.15, -0.1) is 0 Å². The lowest BCUT2D eigenvalue weighted by atomic mass is 9.96. The zero-order valence-electron chi connectivity index (χ0n) is 24.6. The fourth-order valence-corrected chi connectivity index (χ4v) is 5.53. The summed E-state index contributed by atoms with van der Waals surface area (Å²) in [5, 5.41) is 0. The van der Waals surface area contributed by atoms with E-state index in [0.717, 1.165) is 32.3 Å². The van der Waals surface area contributed by atoms with Gasteiger partial charge in [0.2, 0.25) is 12.3 Å². The molecule has 210 valence electrons. The minimum Gasteiger partial charge on any atom is -0.340 e. The number of benzene rings is 1. The Morgan fingerprint density at radius 1 is 0.865 bits per heavy atom. The normalized spacial score (nSPS) is 24.8. The monoisotopic (exact) mass is 513 g/mol. The molecule has 3 aliphatic heterocycles. The van der Waals surface area contributed by atoms with E-state index in [0.29, 0.717) is 23.5 Å². The van der Waals surface area contributed by atoms with Gasteiger partial charge in [0.05, 0.1) is 0 Å². The van der Waals surface area contributed by atoms with Gasteiger partial charge in [-0.2, -0.15) is 0 Å². The summed E-state index contributed by atoms with van der Waals surface area (Å²) in [6, 6.07) is 11.5. The van der Waals surface area contributed by atoms with Crippen molar-refractivity contribution in [2.24, 2.45) is 0 Å². The number of fused-ring (bicyclic) bond motifs is 1. The van der Waals surface area contributed by atoms with Crippen LogP contribution in [0, 0.1) is 6.92 Å². The van der Waals surface area contributed by atoms with Crippen LogP contribution in [-0.4, -0.2) is 71.8 Å². The molecule has 5 aliphatic rings. The van der Waals surface area contributed by atoms with Crippen molar-refractivity contribution in [1.82, 2.24) is 14.7 Å². The third kappa shape index (κ3) is 10.4. The lowest BCUT2D eigenvalue weighted by molar-refractivity contribution is -0.133. The van der Waals surface area contributed by atoms with Crippen LogP contribution in [0.5, 0.6) is 0 Å². The molecule has 6 rings (SSSR count). The summed E-state index contributed by atoms with van der Waals surface area (Å²) in [5.74, 6) is 0.398. The van der Waals surface area contributed by atoms with Gasteiger partial charge in [-0.1, -0.05) is 75.4 Å². The summed E-state index contributed by atoms with van der Waals surface area (Å²) < 4.78 is 0. The van der Waals surface area contributed by atoms with Crippen LogP contribution < -0.4 is 0 Å². The van der Waals surface area contributed by atoms with Gasteiger partial charge in [0.15, 0.2) is 0 Å². The van der Waals surface area contributed by atoms with Crippen LogP contribution in [0.4, 0.5) is 0 Å². The smallest absolute Gasteiger partial charge is 0.222 e. The Hall–Kier alpha value is -1.88. The highest BCUT2D eigenvalue weighted by molar-refractivity contribution is 5.76. The minimum absolute atomic E-state index is 0.377. The van der Waals surface area contributed by atoms with Gasteiger partial charge in [-0.25, -0.2) is 0 Å². The molecule has 2 aliphatic carbocycles. The molecule has 2 saturated carbocycles. The van der Waals surface area contributed by atoms with E-state index >= 15 is 0 Å². The molecule has 1 aromatic carbocycles. The maximum absolute atomic E-state index is 11.8. The summed E-state index contributed by atoms with van der Waals surface area (Å²) in [6.07, 6.45) is 18.6. The summed E-state index contributed by atoms with van der Waals surface area (Å²) >= 11 is 0. The Labute approximate surface area is 228 Å². The number of carbonyl (C=O) groups excluding carboxylic acids is 2. The van der Waals surface area contributed by atoms with Crippen LogP contribution in [0.3, 0.4) is 0 Å². The highest BCUT2D eigenvalue weighted by Gasteiger charge is 2.50. The first kappa shape index (κ1) is 31.3. The predicted octanol–water partition coefficient (Wildman–Crippen LogP) is 6.83. The van der Waals surface area contributed by atoms with Crippen LogP contribution >= 0.6 is 0 Å². The molecule has 1 spiro atoms. The van der Waals surface area contributed by atoms with Crippen molar-refractivity contribution in [3.8, 4) is 0 Å². The molecular formula is C32H55N3O2. The first-order chi connectivity index (χ1) is 17.9. The Balaban J connectivity index is 0.000000186. The molecule has 0 aromatic heterocycles. The number of carbonyl (C=O) groups is 2. The van der Waals surface area contributed by atoms with Gasteiger partial charge in [-0.05, 0) is 78.8 Å². The molecule has 5 heteroatoms. The fraction of sp³-hybridized carbons (Fsp3) is 0.750. The van der Waals surface area contributed by atoms with Crippen molar-refractivity contribution < 1.29 is 9.59 Å². The van der Waals surface area contributed by atoms with Crippen molar-refractivity contribution in [3.05, 3.63) is 35.9 Å². The summed E-state index contributed by atoms with van der Waals surface area (Å²) in [6.45, 7) is 8.09. The largest absolute Gasteiger partial charge is 0.340 e. The van der Waals surface area contributed by atoms with Crippen molar-refractivity contribution >= 4 is 12.3 Å². The molecule has 0 radical (unpaired) electrons. The Morgan fingerprint density at radius 3 is 1.97 bits per heavy atom. The standard InChI is InChI=1S/C12H22N2O.C7H11NO.C7H8.C4H8.C2H6/c1-13(2)10-5-3-7-12(15)14-8-4-6-11(14)9-10;9-6-8-5-1-2-7(8)3-4-7;1-7-5-3-2-4-6-7;1-2-4-3-1;1-2/h10-11H,3-9H2,1-2H3;6H,1-5H2;2-6H,1H3;1-4H2;1-2H3/t10?,11-;;;;/m1..../s1. The first-order valence-corrected chi connectivity index (χ1v) is 15.1. The van der Waals surface area contributed by atoms with Crippen LogP contribution in [0.15, 0.2) is 30.3 Å². The van der Waals surface area contributed by atoms with Gasteiger partial charge in [0, 0.05) is 37.1 Å². The lowest BCUT2D eigenvalue weighted by Crippen LogP contribution is -2.42. The molecule has 1 unspecified atom stereocenters. The Kier molecular flexibility index (Phi) is 14.3. The van der Waals surface area contributed by atoms with Gasteiger partial charge in [0.1, 0.15) is 0 Å². The molecule has 3 heterocycles. The second kappa shape index (κ2) is 16.9. The molecule has 2 atom stereocenters. The van der Waals surface area contributed by atoms with E-state index in [2.05, 4.69) is 43.0 Å². The van der Waals surface area contributed by atoms with E-state index < -0.39 is 0 Å². The lowest BCUT2D eigenvalue weighted by Gasteiger charge is -2.34. The van der Waals surface area contributed by atoms with Gasteiger partial charge >= 0.3 is 0 Å². The van der Waals surface area contributed by atoms with Crippen LogP contribution in [0.2, 0.25) is 0 Å². The molecule has 5 nitrogen and oxygen atoms in total. The maximum atomic E-state index is 11.8. The van der Waals surface area contributed by atoms with Crippen LogP contribution in [0.25, 0.3) is 0 Å². The average Bonchev–Trinajstić information content (AvgIpc) is 3.29. The quantitative estimate of drug-likeness (QED) is 0.407. The van der Waals surface area contributed by atoms with Gasteiger partial charge in [0.25, 0.3) is 0 Å². The molecular weight excluding hydrogens is 458 g/mol. The number of rotatable bonds is 2. The van der Waals surface area contributed by atoms with E-state index in [1.165, 1.54) is 82.6 Å². The highest BCUT2D eigenvalue weighted by Crippen LogP contribution is 2.48. The summed E-state index contributed by atoms with van der Waals surface area (Å²) in [5.41, 5.74) is 1.70. The Bertz CT molecular complexity index is 755. The van der Waals surface area contributed by atoms with Crippen molar-refractivity contribution in [2.45, 2.75) is 128 Å². The van der Waals surface area contributed by atoms with Crippen molar-refractivity contribution in [2.75, 3.05) is 27.2 Å². The number of hydrogen-bond acceptors (Lipinski definition) is 3. The fourth-order valence-electron chi connectivity index (χ4n) is 5.53. The molecule has 0 bridgehead atoms. The van der Waals surface area contributed by atoms with E-state index in [-0.39, 0.29) is 0 Å². The third-order valence-electron chi connectivity index (χ3n) is 8.45. The molecule has 1 aromatic rings. The summed E-state index contributed by atoms with van der Waals surface area (Å²) in [4.78, 5) is 28.7.